The number of hydrogen-bond donors (Lipinski definition) is 1. The summed E-state index contributed by atoms with van der Waals surface area (Å²) < 4.78 is 3.47. The fourth-order valence-electron chi connectivity index (χ4n) is 3.86. The van der Waals surface area contributed by atoms with Gasteiger partial charge in [-0.05, 0) is 74.6 Å². The number of rotatable bonds is 7. The van der Waals surface area contributed by atoms with Crippen LogP contribution in [0.2, 0.25) is 0 Å². The largest absolute Gasteiger partial charge is 0.325 e. The molecule has 0 atom stereocenters. The van der Waals surface area contributed by atoms with Gasteiger partial charge >= 0.3 is 0 Å². The number of thiazole rings is 1. The molecule has 1 amide bonds. The number of carbonyl (C=O) groups is 1. The van der Waals surface area contributed by atoms with Crippen molar-refractivity contribution in [2.75, 3.05) is 11.1 Å². The predicted molar refractivity (Wildman–Crippen MR) is 129 cm³/mol. The third kappa shape index (κ3) is 4.04. The number of hydrogen-bond acceptors (Lipinski definition) is 6. The zero-order chi connectivity index (χ0) is 21.7. The minimum Gasteiger partial charge on any atom is -0.325 e. The molecule has 2 aliphatic rings. The fraction of sp³-hybridized carbons (Fsp3) is 0.333. The second-order valence-corrected chi connectivity index (χ2v) is 10.6. The third-order valence-electron chi connectivity index (χ3n) is 5.84. The van der Waals surface area contributed by atoms with Crippen LogP contribution in [0.3, 0.4) is 0 Å². The molecule has 0 spiro atoms. The summed E-state index contributed by atoms with van der Waals surface area (Å²) >= 11 is 3.17. The number of nitrogens with one attached hydrogen (secondary N) is 1. The quantitative estimate of drug-likeness (QED) is 0.352. The van der Waals surface area contributed by atoms with E-state index in [1.807, 2.05) is 24.3 Å². The lowest BCUT2D eigenvalue weighted by atomic mass is 10.2. The number of aryl methyl sites for hydroxylation is 1. The highest BCUT2D eigenvalue weighted by Crippen LogP contribution is 2.46. The maximum atomic E-state index is 12.5. The van der Waals surface area contributed by atoms with Crippen LogP contribution in [0, 0.1) is 6.92 Å². The monoisotopic (exact) mass is 461 g/mol. The number of benzene rings is 2. The van der Waals surface area contributed by atoms with Gasteiger partial charge in [-0.2, -0.15) is 0 Å². The first-order chi connectivity index (χ1) is 15.6. The van der Waals surface area contributed by atoms with E-state index in [2.05, 4.69) is 45.2 Å². The Bertz CT molecular complexity index is 1300. The summed E-state index contributed by atoms with van der Waals surface area (Å²) in [4.78, 5) is 17.3. The van der Waals surface area contributed by atoms with Crippen LogP contribution in [0.5, 0.6) is 0 Å². The Hall–Kier alpha value is -2.71. The number of carbonyl (C=O) groups excluding carboxylic acids is 1. The molecule has 2 aliphatic carbocycles. The molecule has 0 unspecified atom stereocenters. The van der Waals surface area contributed by atoms with E-state index in [9.17, 15) is 4.79 Å². The molecule has 8 heteroatoms. The van der Waals surface area contributed by atoms with Crippen LogP contribution in [0.15, 0.2) is 47.6 Å². The van der Waals surface area contributed by atoms with Gasteiger partial charge in [-0.1, -0.05) is 17.8 Å². The normalized spacial score (nSPS) is 15.9. The van der Waals surface area contributed by atoms with Gasteiger partial charge < -0.3 is 9.88 Å². The lowest BCUT2D eigenvalue weighted by Gasteiger charge is -2.08. The highest BCUT2D eigenvalue weighted by molar-refractivity contribution is 7.99. The standard InChI is InChI=1S/C24H23N5OS2/c1-14-2-11-19-20(12-14)32-23(26-19)16-5-7-17(8-6-16)25-21(30)13-31-24-28-27-22(15-3-4-15)29(24)18-9-10-18/h2,5-8,11-12,15,18H,3-4,9-10,13H2,1H3,(H,25,30). The van der Waals surface area contributed by atoms with Crippen LogP contribution in [-0.4, -0.2) is 31.4 Å². The highest BCUT2D eigenvalue weighted by atomic mass is 32.2. The fourth-order valence-corrected chi connectivity index (χ4v) is 5.74. The molecule has 2 aromatic heterocycles. The molecular formula is C24H23N5OS2. The molecule has 1 N–H and O–H groups in total. The van der Waals surface area contributed by atoms with Crippen molar-refractivity contribution in [3.05, 3.63) is 53.9 Å². The summed E-state index contributed by atoms with van der Waals surface area (Å²) in [5, 5.41) is 13.7. The Morgan fingerprint density at radius 1 is 1.12 bits per heavy atom. The Labute approximate surface area is 194 Å². The molecule has 0 saturated heterocycles. The Balaban J connectivity index is 1.10. The van der Waals surface area contributed by atoms with Crippen molar-refractivity contribution in [1.82, 2.24) is 19.7 Å². The average Bonchev–Trinajstić information content (AvgIpc) is 3.73. The smallest absolute Gasteiger partial charge is 0.234 e. The minimum absolute atomic E-state index is 0.0310. The molecule has 32 heavy (non-hydrogen) atoms. The summed E-state index contributed by atoms with van der Waals surface area (Å²) in [5.74, 6) is 1.99. The molecule has 0 radical (unpaired) electrons. The van der Waals surface area contributed by atoms with Crippen LogP contribution in [0.25, 0.3) is 20.8 Å². The SMILES string of the molecule is Cc1ccc2nc(-c3ccc(NC(=O)CSc4nnc(C5CC5)n4C4CC4)cc3)sc2c1. The molecule has 2 heterocycles. The van der Waals surface area contributed by atoms with Gasteiger partial charge in [-0.3, -0.25) is 4.79 Å². The molecule has 0 bridgehead atoms. The number of aromatic nitrogens is 4. The van der Waals surface area contributed by atoms with Crippen LogP contribution in [0.1, 0.15) is 49.0 Å². The second kappa shape index (κ2) is 8.01. The van der Waals surface area contributed by atoms with Gasteiger partial charge in [0, 0.05) is 23.2 Å². The zero-order valence-corrected chi connectivity index (χ0v) is 19.4. The van der Waals surface area contributed by atoms with Crippen LogP contribution < -0.4 is 5.32 Å². The van der Waals surface area contributed by atoms with Crippen molar-refractivity contribution in [1.29, 1.82) is 0 Å². The number of anilines is 1. The summed E-state index contributed by atoms with van der Waals surface area (Å²) in [7, 11) is 0. The van der Waals surface area contributed by atoms with Crippen LogP contribution >= 0.6 is 23.1 Å². The molecule has 0 aliphatic heterocycles. The third-order valence-corrected chi connectivity index (χ3v) is 7.85. The van der Waals surface area contributed by atoms with E-state index < -0.39 is 0 Å². The maximum absolute atomic E-state index is 12.5. The van der Waals surface area contributed by atoms with Crippen molar-refractivity contribution in [2.45, 2.75) is 49.7 Å². The topological polar surface area (TPSA) is 72.7 Å². The van der Waals surface area contributed by atoms with Gasteiger partial charge in [0.2, 0.25) is 5.91 Å². The molecule has 2 aromatic carbocycles. The predicted octanol–water partition coefficient (Wildman–Crippen LogP) is 5.81. The molecule has 4 aromatic rings. The molecular weight excluding hydrogens is 438 g/mol. The number of thioether (sulfide) groups is 1. The van der Waals surface area contributed by atoms with Crippen molar-refractivity contribution in [3.63, 3.8) is 0 Å². The Morgan fingerprint density at radius 2 is 1.94 bits per heavy atom. The molecule has 6 nitrogen and oxygen atoms in total. The maximum Gasteiger partial charge on any atom is 0.234 e. The molecule has 162 valence electrons. The zero-order valence-electron chi connectivity index (χ0n) is 17.7. The lowest BCUT2D eigenvalue weighted by Crippen LogP contribution is -2.14. The van der Waals surface area contributed by atoms with Gasteiger partial charge in [0.05, 0.1) is 16.0 Å². The van der Waals surface area contributed by atoms with E-state index in [-0.39, 0.29) is 5.91 Å². The van der Waals surface area contributed by atoms with Gasteiger partial charge in [0.15, 0.2) is 5.16 Å². The molecule has 2 fully saturated rings. The highest BCUT2D eigenvalue weighted by Gasteiger charge is 2.36. The minimum atomic E-state index is -0.0310. The van der Waals surface area contributed by atoms with Crippen LogP contribution in [-0.2, 0) is 4.79 Å². The first-order valence-electron chi connectivity index (χ1n) is 11.0. The second-order valence-electron chi connectivity index (χ2n) is 8.62. The van der Waals surface area contributed by atoms with E-state index in [0.29, 0.717) is 17.7 Å². The van der Waals surface area contributed by atoms with Crippen molar-refractivity contribution >= 4 is 44.9 Å². The first-order valence-corrected chi connectivity index (χ1v) is 12.8. The average molecular weight is 462 g/mol. The molecule has 6 rings (SSSR count). The van der Waals surface area contributed by atoms with Crippen LogP contribution in [0.4, 0.5) is 5.69 Å². The van der Waals surface area contributed by atoms with E-state index in [1.165, 1.54) is 47.7 Å². The summed E-state index contributed by atoms with van der Waals surface area (Å²) in [5.41, 5.74) is 4.11. The van der Waals surface area contributed by atoms with Crippen molar-refractivity contribution < 1.29 is 4.79 Å². The van der Waals surface area contributed by atoms with E-state index in [1.54, 1.807) is 11.3 Å². The lowest BCUT2D eigenvalue weighted by molar-refractivity contribution is -0.113. The van der Waals surface area contributed by atoms with Gasteiger partial charge in [0.1, 0.15) is 10.8 Å². The van der Waals surface area contributed by atoms with Crippen molar-refractivity contribution in [3.8, 4) is 10.6 Å². The van der Waals surface area contributed by atoms with Crippen molar-refractivity contribution in [2.24, 2.45) is 0 Å². The summed E-state index contributed by atoms with van der Waals surface area (Å²) in [6, 6.07) is 14.8. The summed E-state index contributed by atoms with van der Waals surface area (Å²) in [6.07, 6.45) is 4.81. The number of nitrogens with zero attached hydrogens (tertiary/aromatic N) is 4. The number of amides is 1. The van der Waals surface area contributed by atoms with E-state index >= 15 is 0 Å². The van der Waals surface area contributed by atoms with E-state index in [4.69, 9.17) is 4.98 Å². The first kappa shape index (κ1) is 19.9. The Kier molecular flexibility index (Phi) is 4.99. The molecule has 2 saturated carbocycles. The van der Waals surface area contributed by atoms with Gasteiger partial charge in [-0.15, -0.1) is 21.5 Å². The summed E-state index contributed by atoms with van der Waals surface area (Å²) in [6.45, 7) is 2.09. The van der Waals surface area contributed by atoms with Gasteiger partial charge in [-0.25, -0.2) is 4.98 Å². The number of fused-ring (bicyclic) bond motifs is 1. The van der Waals surface area contributed by atoms with Gasteiger partial charge in [0.25, 0.3) is 0 Å². The van der Waals surface area contributed by atoms with E-state index in [0.717, 1.165) is 32.8 Å². The Morgan fingerprint density at radius 3 is 2.69 bits per heavy atom.